The molecule has 0 spiro atoms. The van der Waals surface area contributed by atoms with Gasteiger partial charge in [0.15, 0.2) is 11.5 Å². The van der Waals surface area contributed by atoms with E-state index >= 15 is 0 Å². The second-order valence-corrected chi connectivity index (χ2v) is 5.08. The maximum Gasteiger partial charge on any atom is 0.271 e. The number of hydrogen-bond donors (Lipinski definition) is 2. The van der Waals surface area contributed by atoms with Crippen molar-refractivity contribution in [2.45, 2.75) is 19.9 Å². The molecule has 1 aromatic carbocycles. The minimum absolute atomic E-state index is 0.235. The van der Waals surface area contributed by atoms with Crippen LogP contribution < -0.4 is 20.1 Å². The van der Waals surface area contributed by atoms with Gasteiger partial charge in [0.25, 0.3) is 5.91 Å². The second-order valence-electron chi connectivity index (χ2n) is 5.08. The Morgan fingerprint density at radius 2 is 2.09 bits per heavy atom. The fourth-order valence-corrected chi connectivity index (χ4v) is 2.11. The van der Waals surface area contributed by atoms with Crippen molar-refractivity contribution in [1.29, 1.82) is 0 Å². The summed E-state index contributed by atoms with van der Waals surface area (Å²) in [5.41, 5.74) is 1.21. The van der Waals surface area contributed by atoms with Gasteiger partial charge in [0.2, 0.25) is 6.79 Å². The molecule has 1 aromatic heterocycles. The van der Waals surface area contributed by atoms with Crippen LogP contribution in [0.25, 0.3) is 0 Å². The first-order valence-corrected chi connectivity index (χ1v) is 7.49. The molecule has 2 heterocycles. The number of nitrogens with one attached hydrogen (secondary N) is 2. The lowest BCUT2D eigenvalue weighted by Gasteiger charge is -2.07. The normalized spacial score (nSPS) is 12.0. The summed E-state index contributed by atoms with van der Waals surface area (Å²) >= 11 is 0. The quantitative estimate of drug-likeness (QED) is 0.848. The molecule has 0 saturated carbocycles. The Balaban J connectivity index is 1.56. The lowest BCUT2D eigenvalue weighted by atomic mass is 10.2. The maximum atomic E-state index is 12.1. The van der Waals surface area contributed by atoms with Gasteiger partial charge in [-0.15, -0.1) is 0 Å². The summed E-state index contributed by atoms with van der Waals surface area (Å²) in [4.78, 5) is 20.4. The molecular weight excluding hydrogens is 296 g/mol. The zero-order valence-electron chi connectivity index (χ0n) is 12.8. The third-order valence-electron chi connectivity index (χ3n) is 3.33. The highest BCUT2D eigenvalue weighted by Crippen LogP contribution is 2.32. The van der Waals surface area contributed by atoms with Gasteiger partial charge < -0.3 is 20.1 Å². The van der Waals surface area contributed by atoms with E-state index in [0.29, 0.717) is 18.1 Å². The smallest absolute Gasteiger partial charge is 0.271 e. The van der Waals surface area contributed by atoms with Crippen LogP contribution in [0, 0.1) is 0 Å². The first-order chi connectivity index (χ1) is 11.3. The van der Waals surface area contributed by atoms with Gasteiger partial charge >= 0.3 is 0 Å². The highest BCUT2D eigenvalue weighted by molar-refractivity contribution is 5.91. The number of benzene rings is 1. The van der Waals surface area contributed by atoms with Crippen LogP contribution in [0.1, 0.15) is 29.4 Å². The van der Waals surface area contributed by atoms with E-state index in [1.807, 2.05) is 18.2 Å². The standard InChI is InChI=1S/C16H18N4O3/c1-2-5-17-15-9-18-12(8-19-15)16(21)20-7-11-3-4-13-14(6-11)23-10-22-13/h3-4,6,8-9H,2,5,7,10H2,1H3,(H,17,19)(H,20,21). The largest absolute Gasteiger partial charge is 0.454 e. The number of aromatic nitrogens is 2. The third kappa shape index (κ3) is 3.68. The number of nitrogens with zero attached hydrogens (tertiary/aromatic N) is 2. The van der Waals surface area contributed by atoms with Gasteiger partial charge in [0.05, 0.1) is 12.4 Å². The number of ether oxygens (including phenoxy) is 2. The summed E-state index contributed by atoms with van der Waals surface area (Å²) in [6.45, 7) is 3.51. The Bertz CT molecular complexity index is 688. The SMILES string of the molecule is CCCNc1cnc(C(=O)NCc2ccc3c(c2)OCO3)cn1. The van der Waals surface area contributed by atoms with Crippen molar-refractivity contribution in [2.75, 3.05) is 18.7 Å². The Labute approximate surface area is 134 Å². The molecule has 0 unspecified atom stereocenters. The van der Waals surface area contributed by atoms with Crippen LogP contribution in [-0.4, -0.2) is 29.2 Å². The molecule has 1 aliphatic heterocycles. The molecule has 1 aliphatic rings. The van der Waals surface area contributed by atoms with Crippen LogP contribution >= 0.6 is 0 Å². The Hall–Kier alpha value is -2.83. The topological polar surface area (TPSA) is 85.4 Å². The number of rotatable bonds is 6. The Morgan fingerprint density at radius 3 is 2.87 bits per heavy atom. The van der Waals surface area contributed by atoms with Crippen LogP contribution in [-0.2, 0) is 6.54 Å². The number of carbonyl (C=O) groups is 1. The van der Waals surface area contributed by atoms with Crippen molar-refractivity contribution < 1.29 is 14.3 Å². The van der Waals surface area contributed by atoms with E-state index < -0.39 is 0 Å². The third-order valence-corrected chi connectivity index (χ3v) is 3.33. The van der Waals surface area contributed by atoms with E-state index in [1.54, 1.807) is 6.20 Å². The van der Waals surface area contributed by atoms with Gasteiger partial charge in [-0.1, -0.05) is 13.0 Å². The molecule has 1 amide bonds. The van der Waals surface area contributed by atoms with Crippen molar-refractivity contribution >= 4 is 11.7 Å². The van der Waals surface area contributed by atoms with Crippen molar-refractivity contribution in [3.05, 3.63) is 41.9 Å². The van der Waals surface area contributed by atoms with Crippen LogP contribution in [0.5, 0.6) is 11.5 Å². The molecule has 2 N–H and O–H groups in total. The van der Waals surface area contributed by atoms with Crippen LogP contribution in [0.15, 0.2) is 30.6 Å². The van der Waals surface area contributed by atoms with Crippen LogP contribution in [0.2, 0.25) is 0 Å². The van der Waals surface area contributed by atoms with E-state index in [2.05, 4.69) is 27.5 Å². The van der Waals surface area contributed by atoms with Gasteiger partial charge in [0.1, 0.15) is 11.5 Å². The van der Waals surface area contributed by atoms with Gasteiger partial charge in [-0.3, -0.25) is 4.79 Å². The fraction of sp³-hybridized carbons (Fsp3) is 0.312. The van der Waals surface area contributed by atoms with Gasteiger partial charge in [-0.05, 0) is 24.1 Å². The molecule has 7 heteroatoms. The van der Waals surface area contributed by atoms with Crippen molar-refractivity contribution in [1.82, 2.24) is 15.3 Å². The van der Waals surface area contributed by atoms with E-state index in [-0.39, 0.29) is 18.4 Å². The summed E-state index contributed by atoms with van der Waals surface area (Å²) in [7, 11) is 0. The van der Waals surface area contributed by atoms with Crippen molar-refractivity contribution in [3.8, 4) is 11.5 Å². The van der Waals surface area contributed by atoms with Gasteiger partial charge in [0, 0.05) is 13.1 Å². The maximum absolute atomic E-state index is 12.1. The fourth-order valence-electron chi connectivity index (χ4n) is 2.11. The Kier molecular flexibility index (Phi) is 4.56. The average Bonchev–Trinajstić information content (AvgIpc) is 3.06. The zero-order chi connectivity index (χ0) is 16.1. The molecule has 0 aliphatic carbocycles. The molecule has 3 rings (SSSR count). The summed E-state index contributed by atoms with van der Waals surface area (Å²) in [5.74, 6) is 1.82. The molecule has 0 bridgehead atoms. The lowest BCUT2D eigenvalue weighted by molar-refractivity contribution is 0.0945. The van der Waals surface area contributed by atoms with E-state index in [0.717, 1.165) is 24.3 Å². The average molecular weight is 314 g/mol. The van der Waals surface area contributed by atoms with E-state index in [4.69, 9.17) is 9.47 Å². The molecule has 23 heavy (non-hydrogen) atoms. The molecular formula is C16H18N4O3. The lowest BCUT2D eigenvalue weighted by Crippen LogP contribution is -2.24. The van der Waals surface area contributed by atoms with Gasteiger partial charge in [-0.2, -0.15) is 0 Å². The first kappa shape index (κ1) is 15.1. The molecule has 0 fully saturated rings. The molecule has 0 radical (unpaired) electrons. The minimum atomic E-state index is -0.266. The number of anilines is 1. The van der Waals surface area contributed by atoms with E-state index in [1.165, 1.54) is 6.20 Å². The summed E-state index contributed by atoms with van der Waals surface area (Å²) in [5, 5.41) is 5.92. The van der Waals surface area contributed by atoms with Crippen molar-refractivity contribution in [3.63, 3.8) is 0 Å². The van der Waals surface area contributed by atoms with E-state index in [9.17, 15) is 4.79 Å². The first-order valence-electron chi connectivity index (χ1n) is 7.49. The molecule has 7 nitrogen and oxygen atoms in total. The summed E-state index contributed by atoms with van der Waals surface area (Å²) in [6.07, 6.45) is 4.03. The number of hydrogen-bond acceptors (Lipinski definition) is 6. The molecule has 120 valence electrons. The van der Waals surface area contributed by atoms with Gasteiger partial charge in [-0.25, -0.2) is 9.97 Å². The highest BCUT2D eigenvalue weighted by atomic mass is 16.7. The Morgan fingerprint density at radius 1 is 1.22 bits per heavy atom. The zero-order valence-corrected chi connectivity index (χ0v) is 12.8. The molecule has 2 aromatic rings. The number of amides is 1. The monoisotopic (exact) mass is 314 g/mol. The summed E-state index contributed by atoms with van der Waals surface area (Å²) in [6, 6.07) is 5.57. The number of carbonyl (C=O) groups excluding carboxylic acids is 1. The summed E-state index contributed by atoms with van der Waals surface area (Å²) < 4.78 is 10.6. The second kappa shape index (κ2) is 6.95. The van der Waals surface area contributed by atoms with Crippen molar-refractivity contribution in [2.24, 2.45) is 0 Å². The predicted molar refractivity (Wildman–Crippen MR) is 84.5 cm³/mol. The minimum Gasteiger partial charge on any atom is -0.454 e. The van der Waals surface area contributed by atoms with Crippen LogP contribution in [0.3, 0.4) is 0 Å². The highest BCUT2D eigenvalue weighted by Gasteiger charge is 2.14. The molecule has 0 saturated heterocycles. The molecule has 0 atom stereocenters. The van der Waals surface area contributed by atoms with Crippen LogP contribution in [0.4, 0.5) is 5.82 Å². The predicted octanol–water partition coefficient (Wildman–Crippen LogP) is 1.96. The number of fused-ring (bicyclic) bond motifs is 1.